The van der Waals surface area contributed by atoms with E-state index in [0.29, 0.717) is 0 Å². The van der Waals surface area contributed by atoms with E-state index in [9.17, 15) is 28.6 Å². The Hall–Kier alpha value is -2.90. The van der Waals surface area contributed by atoms with Crippen molar-refractivity contribution in [2.75, 3.05) is 0 Å². The van der Waals surface area contributed by atoms with Crippen LogP contribution in [0.4, 0.5) is 8.78 Å². The molecule has 0 aliphatic carbocycles. The predicted molar refractivity (Wildman–Crippen MR) is 79.6 cm³/mol. The molecule has 3 N–H and O–H groups in total. The molecular weight excluding hydrogens is 324 g/mol. The first kappa shape index (κ1) is 17.5. The summed E-state index contributed by atoms with van der Waals surface area (Å²) in [6.07, 6.45) is 0. The van der Waals surface area contributed by atoms with Crippen LogP contribution in [0.3, 0.4) is 0 Å². The van der Waals surface area contributed by atoms with Crippen LogP contribution in [0.2, 0.25) is 0 Å². The van der Waals surface area contributed by atoms with Crippen molar-refractivity contribution >= 4 is 11.9 Å². The van der Waals surface area contributed by atoms with Crippen LogP contribution in [0.5, 0.6) is 5.75 Å². The maximum absolute atomic E-state index is 12.6. The van der Waals surface area contributed by atoms with Gasteiger partial charge >= 0.3 is 18.6 Å². The number of carboxylic acids is 2. The Morgan fingerprint density at radius 3 is 2.04 bits per heavy atom. The topological polar surface area (TPSA) is 95.9 Å². The molecule has 0 spiro atoms. The largest absolute Gasteiger partial charge is 0.478 e. The summed E-state index contributed by atoms with van der Waals surface area (Å²) in [7, 11) is 0. The zero-order valence-corrected chi connectivity index (χ0v) is 12.8. The molecule has 1 aromatic carbocycles. The van der Waals surface area contributed by atoms with Crippen molar-refractivity contribution in [2.24, 2.45) is 0 Å². The monoisotopic (exact) mass is 339 g/mol. The molecular formula is C16H15F2NO5. The minimum absolute atomic E-state index is 0.0489. The Kier molecular flexibility index (Phi) is 4.87. The highest BCUT2D eigenvalue weighted by Gasteiger charge is 2.38. The minimum atomic E-state index is -3.12. The summed E-state index contributed by atoms with van der Waals surface area (Å²) in [5.74, 6) is -4.19. The number of aliphatic carboxylic acids is 2. The minimum Gasteiger partial charge on any atom is -0.478 e. The lowest BCUT2D eigenvalue weighted by atomic mass is 9.80. The van der Waals surface area contributed by atoms with Gasteiger partial charge in [-0.1, -0.05) is 18.2 Å². The molecule has 1 heterocycles. The molecule has 0 atom stereocenters. The first-order valence-corrected chi connectivity index (χ1v) is 6.93. The number of halogens is 2. The summed E-state index contributed by atoms with van der Waals surface area (Å²) in [4.78, 5) is 23.3. The van der Waals surface area contributed by atoms with Gasteiger partial charge < -0.3 is 20.3 Å². The molecule has 1 aromatic rings. The van der Waals surface area contributed by atoms with Crippen molar-refractivity contribution in [3.05, 3.63) is 52.4 Å². The van der Waals surface area contributed by atoms with Crippen molar-refractivity contribution in [1.29, 1.82) is 0 Å². The average Bonchev–Trinajstić information content (AvgIpc) is 2.45. The van der Waals surface area contributed by atoms with Gasteiger partial charge in [0.2, 0.25) is 0 Å². The van der Waals surface area contributed by atoms with Crippen molar-refractivity contribution < 1.29 is 33.3 Å². The summed E-state index contributed by atoms with van der Waals surface area (Å²) in [5, 5.41) is 21.7. The molecule has 24 heavy (non-hydrogen) atoms. The van der Waals surface area contributed by atoms with Crippen LogP contribution in [0.1, 0.15) is 25.3 Å². The number of carboxylic acid groups (broad SMARTS) is 2. The second-order valence-corrected chi connectivity index (χ2v) is 5.16. The van der Waals surface area contributed by atoms with Gasteiger partial charge in [0.1, 0.15) is 5.75 Å². The van der Waals surface area contributed by atoms with Crippen LogP contribution in [0.25, 0.3) is 0 Å². The van der Waals surface area contributed by atoms with E-state index in [2.05, 4.69) is 10.1 Å². The highest BCUT2D eigenvalue weighted by atomic mass is 19.3. The third-order valence-electron chi connectivity index (χ3n) is 3.67. The van der Waals surface area contributed by atoms with Crippen LogP contribution < -0.4 is 10.1 Å². The van der Waals surface area contributed by atoms with Crippen molar-refractivity contribution in [3.63, 3.8) is 0 Å². The molecule has 0 aromatic heterocycles. The number of ether oxygens (including phenoxy) is 1. The molecule has 1 aliphatic rings. The van der Waals surface area contributed by atoms with Crippen molar-refractivity contribution in [3.8, 4) is 5.75 Å². The van der Waals surface area contributed by atoms with Crippen molar-refractivity contribution in [1.82, 2.24) is 5.32 Å². The Bertz CT molecular complexity index is 719. The molecule has 0 saturated heterocycles. The average molecular weight is 339 g/mol. The Balaban J connectivity index is 2.72. The van der Waals surface area contributed by atoms with E-state index >= 15 is 0 Å². The molecule has 0 radical (unpaired) electrons. The molecule has 8 heteroatoms. The van der Waals surface area contributed by atoms with Gasteiger partial charge in [0.15, 0.2) is 0 Å². The van der Waals surface area contributed by atoms with E-state index in [-0.39, 0.29) is 33.9 Å². The fourth-order valence-corrected chi connectivity index (χ4v) is 2.79. The van der Waals surface area contributed by atoms with E-state index in [1.807, 2.05) is 0 Å². The zero-order valence-electron chi connectivity index (χ0n) is 12.8. The van der Waals surface area contributed by atoms with Crippen LogP contribution in [0, 0.1) is 0 Å². The highest BCUT2D eigenvalue weighted by molar-refractivity contribution is 5.98. The lowest BCUT2D eigenvalue weighted by Gasteiger charge is -2.29. The number of dihydropyridines is 1. The van der Waals surface area contributed by atoms with Crippen molar-refractivity contribution in [2.45, 2.75) is 26.4 Å². The van der Waals surface area contributed by atoms with E-state index in [1.165, 1.54) is 38.1 Å². The Morgan fingerprint density at radius 1 is 1.08 bits per heavy atom. The molecule has 128 valence electrons. The van der Waals surface area contributed by atoms with Gasteiger partial charge in [-0.05, 0) is 19.9 Å². The fourth-order valence-electron chi connectivity index (χ4n) is 2.79. The number of hydrogen-bond acceptors (Lipinski definition) is 4. The molecule has 0 fully saturated rings. The molecule has 1 aliphatic heterocycles. The Morgan fingerprint density at radius 2 is 1.58 bits per heavy atom. The van der Waals surface area contributed by atoms with Gasteiger partial charge in [-0.2, -0.15) is 8.78 Å². The predicted octanol–water partition coefficient (Wildman–Crippen LogP) is 2.69. The van der Waals surface area contributed by atoms with Gasteiger partial charge in [0.25, 0.3) is 0 Å². The maximum atomic E-state index is 12.6. The maximum Gasteiger partial charge on any atom is 0.387 e. The molecule has 0 bridgehead atoms. The van der Waals surface area contributed by atoms with Crippen LogP contribution >= 0.6 is 0 Å². The van der Waals surface area contributed by atoms with Gasteiger partial charge in [0.05, 0.1) is 17.1 Å². The smallest absolute Gasteiger partial charge is 0.387 e. The lowest BCUT2D eigenvalue weighted by Crippen LogP contribution is -2.31. The number of para-hydroxylation sites is 1. The SMILES string of the molecule is CC1=C(C(=O)O)C(c2ccccc2OC(F)F)C(C(=O)O)=C(C)N1. The van der Waals surface area contributed by atoms with Gasteiger partial charge in [-0.3, -0.25) is 0 Å². The summed E-state index contributed by atoms with van der Waals surface area (Å²) in [6.45, 7) is -0.158. The van der Waals surface area contributed by atoms with Crippen LogP contribution in [-0.4, -0.2) is 28.8 Å². The Labute approximate surface area is 136 Å². The van der Waals surface area contributed by atoms with Gasteiger partial charge in [-0.15, -0.1) is 0 Å². The number of rotatable bonds is 5. The summed E-state index contributed by atoms with van der Waals surface area (Å²) < 4.78 is 29.7. The number of benzene rings is 1. The molecule has 0 unspecified atom stereocenters. The number of alkyl halides is 2. The van der Waals surface area contributed by atoms with Gasteiger partial charge in [0, 0.05) is 17.0 Å². The normalized spacial score (nSPS) is 15.5. The second kappa shape index (κ2) is 6.69. The number of allylic oxidation sites excluding steroid dienone is 2. The van der Waals surface area contributed by atoms with E-state index in [1.54, 1.807) is 0 Å². The highest BCUT2D eigenvalue weighted by Crippen LogP contribution is 2.42. The van der Waals surface area contributed by atoms with Gasteiger partial charge in [-0.25, -0.2) is 9.59 Å². The summed E-state index contributed by atoms with van der Waals surface area (Å²) in [6, 6.07) is 5.56. The lowest BCUT2D eigenvalue weighted by molar-refractivity contribution is -0.133. The number of nitrogens with one attached hydrogen (secondary N) is 1. The third kappa shape index (κ3) is 3.22. The van der Waals surface area contributed by atoms with E-state index in [0.717, 1.165) is 0 Å². The molecule has 2 rings (SSSR count). The molecule has 0 saturated carbocycles. The van der Waals surface area contributed by atoms with E-state index in [4.69, 9.17) is 0 Å². The quantitative estimate of drug-likeness (QED) is 0.763. The standard InChI is InChI=1S/C16H15F2NO5/c1-7-11(14(20)21)13(12(15(22)23)8(2)19-7)9-5-3-4-6-10(9)24-16(17)18/h3-6,13,16,19H,1-2H3,(H,20,21)(H,22,23). The summed E-state index contributed by atoms with van der Waals surface area (Å²) >= 11 is 0. The molecule has 0 amide bonds. The number of carbonyl (C=O) groups is 2. The summed E-state index contributed by atoms with van der Waals surface area (Å²) in [5.41, 5.74) is 0.0585. The first-order chi connectivity index (χ1) is 11.2. The first-order valence-electron chi connectivity index (χ1n) is 6.93. The fraction of sp³-hybridized carbons (Fsp3) is 0.250. The third-order valence-corrected chi connectivity index (χ3v) is 3.67. The second-order valence-electron chi connectivity index (χ2n) is 5.16. The molecule has 6 nitrogen and oxygen atoms in total. The number of hydrogen-bond donors (Lipinski definition) is 3. The van der Waals surface area contributed by atoms with E-state index < -0.39 is 24.5 Å². The van der Waals surface area contributed by atoms with Crippen LogP contribution in [-0.2, 0) is 9.59 Å². The van der Waals surface area contributed by atoms with Crippen LogP contribution in [0.15, 0.2) is 46.8 Å². The zero-order chi connectivity index (χ0) is 18.0.